The molecule has 0 radical (unpaired) electrons. The lowest BCUT2D eigenvalue weighted by atomic mass is 10.2. The van der Waals surface area contributed by atoms with E-state index in [2.05, 4.69) is 155 Å². The molecule has 16 bridgehead atoms. The first kappa shape index (κ1) is 29.6. The van der Waals surface area contributed by atoms with Crippen molar-refractivity contribution in [1.82, 2.24) is 39.9 Å². The van der Waals surface area contributed by atoms with Crippen LogP contribution < -0.4 is 21.4 Å². The fourth-order valence-corrected chi connectivity index (χ4v) is 6.84. The molecule has 8 nitrogen and oxygen atoms in total. The van der Waals surface area contributed by atoms with Crippen LogP contribution in [0.1, 0.15) is 45.6 Å². The molecule has 8 heteroatoms. The average molecular weight is 673 g/mol. The van der Waals surface area contributed by atoms with E-state index in [0.717, 1.165) is 89.0 Å². The third kappa shape index (κ3) is 6.05. The van der Waals surface area contributed by atoms with Crippen LogP contribution in [0.4, 0.5) is 0 Å². The quantitative estimate of drug-likeness (QED) is 0.111. The second kappa shape index (κ2) is 12.2. The number of rotatable bonds is 0. The number of fused-ring (bicyclic) bond motifs is 19. The lowest BCUT2D eigenvalue weighted by Gasteiger charge is -1.89. The second-order valence-corrected chi connectivity index (χ2v) is 13.1. The van der Waals surface area contributed by atoms with Crippen LogP contribution in [-0.4, -0.2) is 39.9 Å². The van der Waals surface area contributed by atoms with Crippen LogP contribution in [0.2, 0.25) is 0 Å². The Kier molecular flexibility index (Phi) is 6.95. The summed E-state index contributed by atoms with van der Waals surface area (Å²) in [6.45, 7) is 0. The molecule has 0 amide bonds. The van der Waals surface area contributed by atoms with Crippen molar-refractivity contribution in [2.24, 2.45) is 0 Å². The Morgan fingerprint density at radius 1 is 0.327 bits per heavy atom. The molecule has 10 heterocycles. The van der Waals surface area contributed by atoms with Gasteiger partial charge in [0.2, 0.25) is 0 Å². The monoisotopic (exact) mass is 672 g/mol. The second-order valence-electron chi connectivity index (χ2n) is 13.1. The fourth-order valence-electron chi connectivity index (χ4n) is 6.84. The molecule has 0 saturated heterocycles. The molecule has 0 fully saturated rings. The summed E-state index contributed by atoms with van der Waals surface area (Å²) in [6.07, 6.45) is 16.6. The van der Waals surface area contributed by atoms with Crippen molar-refractivity contribution in [3.05, 3.63) is 176 Å². The summed E-state index contributed by atoms with van der Waals surface area (Å²) in [5, 5.41) is 6.76. The molecule has 0 unspecified atom stereocenters. The van der Waals surface area contributed by atoms with Crippen LogP contribution in [0.15, 0.2) is 109 Å². The maximum Gasteiger partial charge on any atom is 0.0659 e. The van der Waals surface area contributed by atoms with Gasteiger partial charge >= 0.3 is 0 Å². The fraction of sp³-hybridized carbons (Fsp3) is 0. The van der Waals surface area contributed by atoms with Crippen molar-refractivity contribution in [3.8, 4) is 0 Å². The minimum absolute atomic E-state index is 0.915. The predicted molar refractivity (Wildman–Crippen MR) is 212 cm³/mol. The molecule has 3 aliphatic heterocycles. The van der Waals surface area contributed by atoms with Gasteiger partial charge in [0, 0.05) is 77.0 Å². The lowest BCUT2D eigenvalue weighted by Crippen LogP contribution is -2.11. The Bertz CT molecular complexity index is 2940. The smallest absolute Gasteiger partial charge is 0.0659 e. The number of H-pyrrole nitrogens is 6. The van der Waals surface area contributed by atoms with Crippen molar-refractivity contribution < 1.29 is 0 Å². The Morgan fingerprint density at radius 2 is 0.750 bits per heavy atom. The van der Waals surface area contributed by atoms with E-state index >= 15 is 0 Å². The number of nitrogens with zero attached hydrogens (tertiary/aromatic N) is 2. The molecule has 6 N–H and O–H groups in total. The summed E-state index contributed by atoms with van der Waals surface area (Å²) in [7, 11) is 0. The molecule has 0 aliphatic carbocycles. The van der Waals surface area contributed by atoms with Gasteiger partial charge in [0.15, 0.2) is 0 Å². The third-order valence-corrected chi connectivity index (χ3v) is 9.23. The summed E-state index contributed by atoms with van der Waals surface area (Å²) < 4.78 is 0. The van der Waals surface area contributed by atoms with E-state index in [1.165, 1.54) is 10.8 Å². The van der Waals surface area contributed by atoms with Gasteiger partial charge in [-0.05, 0) is 134 Å². The van der Waals surface area contributed by atoms with E-state index in [9.17, 15) is 0 Å². The third-order valence-electron chi connectivity index (χ3n) is 9.23. The maximum atomic E-state index is 4.62. The Balaban J connectivity index is 0.000000132. The van der Waals surface area contributed by atoms with Gasteiger partial charge in [-0.3, -0.25) is 0 Å². The highest BCUT2D eigenvalue weighted by atomic mass is 14.8. The van der Waals surface area contributed by atoms with Crippen molar-refractivity contribution in [1.29, 1.82) is 0 Å². The summed E-state index contributed by atoms with van der Waals surface area (Å²) in [4.78, 5) is 30.0. The standard InChI is InChI=1S/C24H18N4.C20H14N4/c1-2-4-22-21(3-1)23-13-19-9-7-17(26-19)11-15-5-6-16(25-15)12-18-8-10-20(27-18)14-24(22)28-23;1-2-14-10-16-5-6-18(23-16)12-20-8-7-19(24-20)11-17-4-3-15(22-17)9-13(1)21-14/h1-14,25-28H;1-12,21-22H. The van der Waals surface area contributed by atoms with Crippen LogP contribution in [0.5, 0.6) is 0 Å². The first-order valence-corrected chi connectivity index (χ1v) is 17.2. The molecular weight excluding hydrogens is 641 g/mol. The van der Waals surface area contributed by atoms with E-state index in [1.54, 1.807) is 0 Å². The molecule has 1 aromatic carbocycles. The SMILES string of the molecule is C1=Cc2cc3ccc(cc4ccc(cc5nc(cc1n2)C=C5)[nH]4)[nH]3.C1=c2ccc([nH]2)=Cc2ccc([nH]2)C=c2[nH]c(c3ccccc23)=Cc2ccc1[nH]2. The molecule has 248 valence electrons. The van der Waals surface area contributed by atoms with Gasteiger partial charge < -0.3 is 29.9 Å². The zero-order chi connectivity index (χ0) is 34.4. The Hall–Kier alpha value is -7.32. The summed E-state index contributed by atoms with van der Waals surface area (Å²) in [6, 6.07) is 37.5. The largest absolute Gasteiger partial charge is 0.355 e. The normalized spacial score (nSPS) is 12.7. The maximum absolute atomic E-state index is 4.62. The topological polar surface area (TPSA) is 121 Å². The highest BCUT2D eigenvalue weighted by Gasteiger charge is 2.04. The van der Waals surface area contributed by atoms with Gasteiger partial charge in [-0.1, -0.05) is 24.3 Å². The highest BCUT2D eigenvalue weighted by molar-refractivity contribution is 5.86. The minimum Gasteiger partial charge on any atom is -0.355 e. The first-order valence-electron chi connectivity index (χ1n) is 17.2. The molecule has 52 heavy (non-hydrogen) atoms. The molecule has 3 aliphatic rings. The van der Waals surface area contributed by atoms with Crippen LogP contribution in [0.3, 0.4) is 0 Å². The number of hydrogen-bond acceptors (Lipinski definition) is 2. The van der Waals surface area contributed by atoms with E-state index < -0.39 is 0 Å². The average Bonchev–Trinajstić information content (AvgIpc) is 3.99. The van der Waals surface area contributed by atoms with E-state index in [1.807, 2.05) is 42.5 Å². The van der Waals surface area contributed by atoms with Gasteiger partial charge in [-0.2, -0.15) is 0 Å². The summed E-state index contributed by atoms with van der Waals surface area (Å²) >= 11 is 0. The van der Waals surface area contributed by atoms with Crippen LogP contribution >= 0.6 is 0 Å². The molecule has 8 aromatic rings. The highest BCUT2D eigenvalue weighted by Crippen LogP contribution is 2.17. The molecule has 0 spiro atoms. The zero-order valence-corrected chi connectivity index (χ0v) is 27.9. The molecule has 0 saturated carbocycles. The summed E-state index contributed by atoms with van der Waals surface area (Å²) in [5.41, 5.74) is 12.1. The van der Waals surface area contributed by atoms with Crippen LogP contribution in [0, 0.1) is 0 Å². The van der Waals surface area contributed by atoms with E-state index in [-0.39, 0.29) is 0 Å². The molecular formula is C44H32N8. The number of nitrogens with one attached hydrogen (secondary N) is 6. The van der Waals surface area contributed by atoms with E-state index in [0.29, 0.717) is 0 Å². The zero-order valence-electron chi connectivity index (χ0n) is 27.9. The number of hydrogen-bond donors (Lipinski definition) is 6. The summed E-state index contributed by atoms with van der Waals surface area (Å²) in [5.74, 6) is 0. The van der Waals surface area contributed by atoms with Crippen molar-refractivity contribution in [2.45, 2.75) is 0 Å². The van der Waals surface area contributed by atoms with Crippen molar-refractivity contribution in [2.75, 3.05) is 0 Å². The number of aromatic nitrogens is 8. The predicted octanol–water partition coefficient (Wildman–Crippen LogP) is 6.44. The molecule has 7 aromatic heterocycles. The minimum atomic E-state index is 0.915. The number of aromatic amines is 6. The molecule has 11 rings (SSSR count). The van der Waals surface area contributed by atoms with Crippen molar-refractivity contribution >= 4 is 81.4 Å². The van der Waals surface area contributed by atoms with E-state index in [4.69, 9.17) is 0 Å². The Morgan fingerprint density at radius 3 is 1.23 bits per heavy atom. The van der Waals surface area contributed by atoms with Gasteiger partial charge in [0.25, 0.3) is 0 Å². The Labute approximate surface area is 296 Å². The van der Waals surface area contributed by atoms with Crippen molar-refractivity contribution in [3.63, 3.8) is 0 Å². The van der Waals surface area contributed by atoms with Gasteiger partial charge in [0.05, 0.1) is 22.8 Å². The molecule has 0 atom stereocenters. The first-order chi connectivity index (χ1) is 25.6. The lowest BCUT2D eigenvalue weighted by molar-refractivity contribution is 1.23. The number of benzene rings is 1. The van der Waals surface area contributed by atoms with Gasteiger partial charge in [-0.25, -0.2) is 9.97 Å². The van der Waals surface area contributed by atoms with Crippen LogP contribution in [0.25, 0.3) is 81.4 Å². The van der Waals surface area contributed by atoms with Gasteiger partial charge in [0.1, 0.15) is 0 Å². The van der Waals surface area contributed by atoms with Crippen LogP contribution in [-0.2, 0) is 0 Å². The van der Waals surface area contributed by atoms with Gasteiger partial charge in [-0.15, -0.1) is 0 Å².